The second kappa shape index (κ2) is 5.72. The van der Waals surface area contributed by atoms with E-state index < -0.39 is 11.9 Å². The van der Waals surface area contributed by atoms with E-state index in [9.17, 15) is 14.4 Å². The van der Waals surface area contributed by atoms with Crippen LogP contribution in [0, 0.1) is 5.92 Å². The van der Waals surface area contributed by atoms with E-state index in [4.69, 9.17) is 9.84 Å². The number of fused-ring (bicyclic) bond motifs is 1. The van der Waals surface area contributed by atoms with Crippen LogP contribution in [0.1, 0.15) is 16.8 Å². The van der Waals surface area contributed by atoms with Crippen molar-refractivity contribution in [1.29, 1.82) is 0 Å². The van der Waals surface area contributed by atoms with Gasteiger partial charge in [-0.05, 0) is 35.0 Å². The van der Waals surface area contributed by atoms with Crippen molar-refractivity contribution in [3.63, 3.8) is 0 Å². The van der Waals surface area contributed by atoms with E-state index in [2.05, 4.69) is 0 Å². The maximum atomic E-state index is 12.1. The van der Waals surface area contributed by atoms with Crippen LogP contribution in [0.5, 0.6) is 0 Å². The lowest BCUT2D eigenvalue weighted by Crippen LogP contribution is -2.26. The van der Waals surface area contributed by atoms with Crippen molar-refractivity contribution in [3.8, 4) is 0 Å². The summed E-state index contributed by atoms with van der Waals surface area (Å²) in [6.45, 7) is 0.296. The summed E-state index contributed by atoms with van der Waals surface area (Å²) in [5.41, 5.74) is 0.908. The maximum absolute atomic E-state index is 12.1. The molecule has 1 N–H and O–H groups in total. The van der Waals surface area contributed by atoms with Crippen LogP contribution in [-0.4, -0.2) is 36.6 Å². The molecule has 1 amide bonds. The largest absolute Gasteiger partial charge is 0.478 e. The van der Waals surface area contributed by atoms with Gasteiger partial charge in [0.05, 0.1) is 18.6 Å². The Balaban J connectivity index is 1.92. The molecule has 23 heavy (non-hydrogen) atoms. The summed E-state index contributed by atoms with van der Waals surface area (Å²) in [6, 6.07) is 10.2. The highest BCUT2D eigenvalue weighted by atomic mass is 16.5. The molecule has 1 atom stereocenters. The minimum absolute atomic E-state index is 0.123. The van der Waals surface area contributed by atoms with Gasteiger partial charge in [-0.25, -0.2) is 4.79 Å². The second-order valence-electron chi connectivity index (χ2n) is 5.48. The summed E-state index contributed by atoms with van der Waals surface area (Å²) in [4.78, 5) is 36.3. The average Bonchev–Trinajstić information content (AvgIpc) is 2.94. The SMILES string of the molecule is COC(=O)C1CC(=O)N(c2ccc3cc(C(=O)O)ccc3c2)C1. The fourth-order valence-electron chi connectivity index (χ4n) is 2.82. The van der Waals surface area contributed by atoms with Gasteiger partial charge in [0.15, 0.2) is 0 Å². The Morgan fingerprint density at radius 3 is 2.57 bits per heavy atom. The molecule has 0 radical (unpaired) electrons. The topological polar surface area (TPSA) is 83.9 Å². The Labute approximate surface area is 132 Å². The highest BCUT2D eigenvalue weighted by Gasteiger charge is 2.35. The standard InChI is InChI=1S/C17H15NO5/c1-23-17(22)13-8-15(19)18(9-13)14-5-4-10-6-12(16(20)21)3-2-11(10)7-14/h2-7,13H,8-9H2,1H3,(H,20,21). The second-order valence-corrected chi connectivity index (χ2v) is 5.48. The molecule has 0 bridgehead atoms. The van der Waals surface area contributed by atoms with Gasteiger partial charge in [-0.1, -0.05) is 12.1 Å². The first-order chi connectivity index (χ1) is 11.0. The van der Waals surface area contributed by atoms with E-state index in [-0.39, 0.29) is 23.9 Å². The van der Waals surface area contributed by atoms with E-state index in [1.165, 1.54) is 13.2 Å². The third-order valence-electron chi connectivity index (χ3n) is 4.04. The number of carboxylic acids is 1. The summed E-state index contributed by atoms with van der Waals surface area (Å²) < 4.78 is 4.70. The van der Waals surface area contributed by atoms with Gasteiger partial charge in [0.2, 0.25) is 5.91 Å². The maximum Gasteiger partial charge on any atom is 0.335 e. The van der Waals surface area contributed by atoms with Crippen LogP contribution in [0.25, 0.3) is 10.8 Å². The number of nitrogens with zero attached hydrogens (tertiary/aromatic N) is 1. The molecular weight excluding hydrogens is 298 g/mol. The molecule has 1 saturated heterocycles. The summed E-state index contributed by atoms with van der Waals surface area (Å²) in [7, 11) is 1.31. The van der Waals surface area contributed by atoms with Crippen LogP contribution in [0.2, 0.25) is 0 Å². The molecule has 118 valence electrons. The number of aromatic carboxylic acids is 1. The number of hydrogen-bond donors (Lipinski definition) is 1. The molecule has 0 aliphatic carbocycles. The van der Waals surface area contributed by atoms with Gasteiger partial charge in [0, 0.05) is 18.7 Å². The Bertz CT molecular complexity index is 814. The van der Waals surface area contributed by atoms with Crippen molar-refractivity contribution in [3.05, 3.63) is 42.0 Å². The number of hydrogen-bond acceptors (Lipinski definition) is 4. The van der Waals surface area contributed by atoms with Crippen LogP contribution in [0.3, 0.4) is 0 Å². The van der Waals surface area contributed by atoms with E-state index in [1.807, 2.05) is 6.07 Å². The van der Waals surface area contributed by atoms with Crippen molar-refractivity contribution in [1.82, 2.24) is 0 Å². The fraction of sp³-hybridized carbons (Fsp3) is 0.235. The summed E-state index contributed by atoms with van der Waals surface area (Å²) in [5, 5.41) is 10.6. The van der Waals surface area contributed by atoms with Crippen LogP contribution in [0.15, 0.2) is 36.4 Å². The third kappa shape index (κ3) is 2.75. The lowest BCUT2D eigenvalue weighted by atomic mass is 10.1. The number of benzene rings is 2. The molecule has 2 aromatic rings. The highest BCUT2D eigenvalue weighted by Crippen LogP contribution is 2.29. The number of carboxylic acid groups (broad SMARTS) is 1. The summed E-state index contributed by atoms with van der Waals surface area (Å²) in [5.74, 6) is -1.93. The molecule has 1 aliphatic heterocycles. The zero-order valence-corrected chi connectivity index (χ0v) is 12.5. The van der Waals surface area contributed by atoms with E-state index in [1.54, 1.807) is 29.2 Å². The van der Waals surface area contributed by atoms with Gasteiger partial charge >= 0.3 is 11.9 Å². The molecule has 1 heterocycles. The van der Waals surface area contributed by atoms with E-state index in [0.29, 0.717) is 12.2 Å². The first kappa shape index (κ1) is 15.0. The molecule has 6 heteroatoms. The molecule has 0 spiro atoms. The van der Waals surface area contributed by atoms with Gasteiger partial charge in [0.1, 0.15) is 0 Å². The van der Waals surface area contributed by atoms with Crippen LogP contribution >= 0.6 is 0 Å². The quantitative estimate of drug-likeness (QED) is 0.877. The zero-order valence-electron chi connectivity index (χ0n) is 12.5. The number of anilines is 1. The van der Waals surface area contributed by atoms with Crippen molar-refractivity contribution in [2.24, 2.45) is 5.92 Å². The average molecular weight is 313 g/mol. The zero-order chi connectivity index (χ0) is 16.6. The number of amides is 1. The Hall–Kier alpha value is -2.89. The van der Waals surface area contributed by atoms with Gasteiger partial charge < -0.3 is 14.7 Å². The minimum atomic E-state index is -0.980. The highest BCUT2D eigenvalue weighted by molar-refractivity contribution is 6.02. The molecule has 1 aliphatic rings. The minimum Gasteiger partial charge on any atom is -0.478 e. The predicted octanol–water partition coefficient (Wildman–Crippen LogP) is 2.06. The number of ether oxygens (including phenoxy) is 1. The van der Waals surface area contributed by atoms with Gasteiger partial charge in [-0.3, -0.25) is 9.59 Å². The predicted molar refractivity (Wildman–Crippen MR) is 83.4 cm³/mol. The van der Waals surface area contributed by atoms with E-state index >= 15 is 0 Å². The first-order valence-corrected chi connectivity index (χ1v) is 7.15. The first-order valence-electron chi connectivity index (χ1n) is 7.15. The molecule has 0 aromatic heterocycles. The van der Waals surface area contributed by atoms with Gasteiger partial charge in [0.25, 0.3) is 0 Å². The van der Waals surface area contributed by atoms with Crippen LogP contribution < -0.4 is 4.90 Å². The van der Waals surface area contributed by atoms with Crippen molar-refractivity contribution < 1.29 is 24.2 Å². The fourth-order valence-corrected chi connectivity index (χ4v) is 2.82. The Morgan fingerprint density at radius 2 is 1.87 bits per heavy atom. The molecule has 6 nitrogen and oxygen atoms in total. The lowest BCUT2D eigenvalue weighted by molar-refractivity contribution is -0.145. The Morgan fingerprint density at radius 1 is 1.17 bits per heavy atom. The van der Waals surface area contributed by atoms with Crippen molar-refractivity contribution in [2.75, 3.05) is 18.6 Å². The van der Waals surface area contributed by atoms with Crippen LogP contribution in [-0.2, 0) is 14.3 Å². The number of carbonyl (C=O) groups excluding carboxylic acids is 2. The number of methoxy groups -OCH3 is 1. The van der Waals surface area contributed by atoms with Crippen molar-refractivity contribution >= 4 is 34.3 Å². The molecule has 3 rings (SSSR count). The molecule has 1 fully saturated rings. The smallest absolute Gasteiger partial charge is 0.335 e. The molecule has 0 saturated carbocycles. The Kier molecular flexibility index (Phi) is 3.73. The van der Waals surface area contributed by atoms with Gasteiger partial charge in [-0.2, -0.15) is 0 Å². The monoisotopic (exact) mass is 313 g/mol. The van der Waals surface area contributed by atoms with Crippen molar-refractivity contribution in [2.45, 2.75) is 6.42 Å². The molecule has 1 unspecified atom stereocenters. The molecule has 2 aromatic carbocycles. The van der Waals surface area contributed by atoms with E-state index in [0.717, 1.165) is 10.8 Å². The third-order valence-corrected chi connectivity index (χ3v) is 4.04. The lowest BCUT2D eigenvalue weighted by Gasteiger charge is -2.17. The summed E-state index contributed by atoms with van der Waals surface area (Å²) >= 11 is 0. The normalized spacial score (nSPS) is 17.5. The number of rotatable bonds is 3. The molecular formula is C17H15NO5. The van der Waals surface area contributed by atoms with Gasteiger partial charge in [-0.15, -0.1) is 0 Å². The van der Waals surface area contributed by atoms with Crippen LogP contribution in [0.4, 0.5) is 5.69 Å². The number of esters is 1. The number of carbonyl (C=O) groups is 3. The summed E-state index contributed by atoms with van der Waals surface area (Å²) in [6.07, 6.45) is 0.142.